The third-order valence-corrected chi connectivity index (χ3v) is 3.11. The maximum Gasteiger partial charge on any atom is 0.339 e. The van der Waals surface area contributed by atoms with E-state index in [0.717, 1.165) is 6.54 Å². The second kappa shape index (κ2) is 5.09. The molecule has 1 saturated carbocycles. The Bertz CT molecular complexity index is 501. The molecule has 0 saturated heterocycles. The third kappa shape index (κ3) is 2.62. The number of aromatic carboxylic acids is 1. The van der Waals surface area contributed by atoms with E-state index in [2.05, 4.69) is 10.9 Å². The highest BCUT2D eigenvalue weighted by Gasteiger charge is 2.27. The summed E-state index contributed by atoms with van der Waals surface area (Å²) in [5, 5.41) is 9.30. The van der Waals surface area contributed by atoms with Crippen LogP contribution >= 0.6 is 0 Å². The van der Waals surface area contributed by atoms with Gasteiger partial charge in [-0.25, -0.2) is 9.78 Å². The molecule has 0 aromatic carbocycles. The zero-order valence-electron chi connectivity index (χ0n) is 10.4. The van der Waals surface area contributed by atoms with Crippen molar-refractivity contribution in [2.45, 2.75) is 19.8 Å². The summed E-state index contributed by atoms with van der Waals surface area (Å²) in [5.41, 5.74) is 0.971. The molecule has 1 aliphatic rings. The normalized spacial score (nSPS) is 14.0. The number of terminal acetylenes is 1. The van der Waals surface area contributed by atoms with E-state index in [1.54, 1.807) is 19.2 Å². The lowest BCUT2D eigenvalue weighted by Crippen LogP contribution is -2.29. The van der Waals surface area contributed by atoms with E-state index in [9.17, 15) is 9.90 Å². The average Bonchev–Trinajstić information content (AvgIpc) is 3.11. The highest BCUT2D eigenvalue weighted by molar-refractivity contribution is 5.95. The van der Waals surface area contributed by atoms with Crippen LogP contribution in [0.15, 0.2) is 12.3 Å². The first-order chi connectivity index (χ1) is 8.63. The summed E-state index contributed by atoms with van der Waals surface area (Å²) in [4.78, 5) is 17.4. The van der Waals surface area contributed by atoms with Gasteiger partial charge in [0.2, 0.25) is 0 Å². The lowest BCUT2D eigenvalue weighted by molar-refractivity contribution is 0.0696. The minimum absolute atomic E-state index is 0.258. The van der Waals surface area contributed by atoms with Crippen LogP contribution in [0.5, 0.6) is 0 Å². The van der Waals surface area contributed by atoms with E-state index in [4.69, 9.17) is 6.42 Å². The molecule has 0 atom stereocenters. The highest BCUT2D eigenvalue weighted by atomic mass is 16.4. The molecule has 0 aliphatic heterocycles. The van der Waals surface area contributed by atoms with Crippen molar-refractivity contribution in [3.05, 3.63) is 23.4 Å². The Morgan fingerprint density at radius 3 is 2.94 bits per heavy atom. The summed E-state index contributed by atoms with van der Waals surface area (Å²) < 4.78 is 0. The molecule has 94 valence electrons. The molecule has 0 radical (unpaired) electrons. The molecule has 4 heteroatoms. The van der Waals surface area contributed by atoms with Gasteiger partial charge in [0.05, 0.1) is 6.54 Å². The molecular weight excluding hydrogens is 228 g/mol. The Morgan fingerprint density at radius 1 is 1.67 bits per heavy atom. The molecule has 0 spiro atoms. The number of pyridine rings is 1. The molecule has 1 aromatic heterocycles. The van der Waals surface area contributed by atoms with Crippen LogP contribution in [0, 0.1) is 25.2 Å². The molecule has 0 unspecified atom stereocenters. The molecule has 0 bridgehead atoms. The average molecular weight is 244 g/mol. The summed E-state index contributed by atoms with van der Waals surface area (Å²) in [6, 6.07) is 1.71. The van der Waals surface area contributed by atoms with Crippen molar-refractivity contribution in [1.29, 1.82) is 0 Å². The Hall–Kier alpha value is -2.02. The van der Waals surface area contributed by atoms with Crippen molar-refractivity contribution in [2.24, 2.45) is 5.92 Å². The zero-order valence-corrected chi connectivity index (χ0v) is 10.4. The fraction of sp³-hybridized carbons (Fsp3) is 0.429. The smallest absolute Gasteiger partial charge is 0.339 e. The van der Waals surface area contributed by atoms with Gasteiger partial charge in [-0.1, -0.05) is 5.92 Å². The van der Waals surface area contributed by atoms with Crippen molar-refractivity contribution >= 4 is 11.8 Å². The molecule has 1 N–H and O–H groups in total. The number of hydrogen-bond donors (Lipinski definition) is 1. The highest BCUT2D eigenvalue weighted by Crippen LogP contribution is 2.32. The summed E-state index contributed by atoms with van der Waals surface area (Å²) >= 11 is 0. The topological polar surface area (TPSA) is 53.4 Å². The van der Waals surface area contributed by atoms with Crippen molar-refractivity contribution in [3.63, 3.8) is 0 Å². The van der Waals surface area contributed by atoms with Gasteiger partial charge in [0.1, 0.15) is 11.4 Å². The van der Waals surface area contributed by atoms with Crippen LogP contribution in [0.25, 0.3) is 0 Å². The van der Waals surface area contributed by atoms with Crippen LogP contribution < -0.4 is 4.90 Å². The molecule has 0 amide bonds. The Labute approximate surface area is 107 Å². The lowest BCUT2D eigenvalue weighted by Gasteiger charge is -2.23. The fourth-order valence-electron chi connectivity index (χ4n) is 2.00. The minimum Gasteiger partial charge on any atom is -0.478 e. The Kier molecular flexibility index (Phi) is 3.52. The van der Waals surface area contributed by atoms with Crippen LogP contribution in [0.1, 0.15) is 28.8 Å². The van der Waals surface area contributed by atoms with E-state index in [0.29, 0.717) is 23.8 Å². The SMILES string of the molecule is C#CCN(CC1CC1)c1nccc(C)c1C(=O)O. The monoisotopic (exact) mass is 244 g/mol. The lowest BCUT2D eigenvalue weighted by atomic mass is 10.1. The van der Waals surface area contributed by atoms with Crippen molar-refractivity contribution in [1.82, 2.24) is 4.98 Å². The van der Waals surface area contributed by atoms with E-state index in [-0.39, 0.29) is 5.56 Å². The standard InChI is InChI=1S/C14H16N2O2/c1-3-8-16(9-11-4-5-11)13-12(14(17)18)10(2)6-7-15-13/h1,6-7,11H,4-5,8-9H2,2H3,(H,17,18). The first kappa shape index (κ1) is 12.4. The second-order valence-electron chi connectivity index (χ2n) is 4.66. The van der Waals surface area contributed by atoms with Crippen LogP contribution in [0.4, 0.5) is 5.82 Å². The summed E-state index contributed by atoms with van der Waals surface area (Å²) in [6.07, 6.45) is 9.37. The van der Waals surface area contributed by atoms with Gasteiger partial charge in [0.25, 0.3) is 0 Å². The Balaban J connectivity index is 2.36. The first-order valence-electron chi connectivity index (χ1n) is 6.00. The van der Waals surface area contributed by atoms with E-state index < -0.39 is 5.97 Å². The number of aryl methyl sites for hydroxylation is 1. The van der Waals surface area contributed by atoms with E-state index in [1.807, 2.05) is 4.90 Å². The maximum atomic E-state index is 11.3. The van der Waals surface area contributed by atoms with E-state index >= 15 is 0 Å². The van der Waals surface area contributed by atoms with Crippen LogP contribution in [-0.2, 0) is 0 Å². The summed E-state index contributed by atoms with van der Waals surface area (Å²) in [6.45, 7) is 2.97. The third-order valence-electron chi connectivity index (χ3n) is 3.11. The van der Waals surface area contributed by atoms with Gasteiger partial charge in [-0.2, -0.15) is 0 Å². The molecule has 2 rings (SSSR count). The summed E-state index contributed by atoms with van der Waals surface area (Å²) in [5.74, 6) is 2.75. The Morgan fingerprint density at radius 2 is 2.39 bits per heavy atom. The number of carbonyl (C=O) groups is 1. The number of rotatable bonds is 5. The van der Waals surface area contributed by atoms with Crippen molar-refractivity contribution < 1.29 is 9.90 Å². The quantitative estimate of drug-likeness (QED) is 0.804. The van der Waals surface area contributed by atoms with E-state index in [1.165, 1.54) is 12.8 Å². The fourth-order valence-corrected chi connectivity index (χ4v) is 2.00. The van der Waals surface area contributed by atoms with Gasteiger partial charge in [-0.3, -0.25) is 0 Å². The largest absolute Gasteiger partial charge is 0.478 e. The van der Waals surface area contributed by atoms with Gasteiger partial charge in [0.15, 0.2) is 0 Å². The molecule has 4 nitrogen and oxygen atoms in total. The van der Waals surface area contributed by atoms with Crippen LogP contribution in [0.2, 0.25) is 0 Å². The first-order valence-corrected chi connectivity index (χ1v) is 6.00. The number of carboxylic acids is 1. The zero-order chi connectivity index (χ0) is 13.1. The van der Waals surface area contributed by atoms with Gasteiger partial charge in [0, 0.05) is 12.7 Å². The summed E-state index contributed by atoms with van der Waals surface area (Å²) in [7, 11) is 0. The van der Waals surface area contributed by atoms with Crippen LogP contribution in [0.3, 0.4) is 0 Å². The number of carboxylic acid groups (broad SMARTS) is 1. The molecular formula is C14H16N2O2. The molecule has 18 heavy (non-hydrogen) atoms. The second-order valence-corrected chi connectivity index (χ2v) is 4.66. The number of aromatic nitrogens is 1. The van der Waals surface area contributed by atoms with Gasteiger partial charge in [-0.15, -0.1) is 6.42 Å². The van der Waals surface area contributed by atoms with Gasteiger partial charge in [-0.05, 0) is 37.3 Å². The molecule has 1 fully saturated rings. The molecule has 1 aromatic rings. The predicted molar refractivity (Wildman–Crippen MR) is 69.7 cm³/mol. The molecule has 1 aliphatic carbocycles. The predicted octanol–water partition coefficient (Wildman–Crippen LogP) is 1.94. The number of nitrogens with zero attached hydrogens (tertiary/aromatic N) is 2. The van der Waals surface area contributed by atoms with Gasteiger partial charge >= 0.3 is 5.97 Å². The molecule has 1 heterocycles. The van der Waals surface area contributed by atoms with Crippen molar-refractivity contribution in [2.75, 3.05) is 18.0 Å². The van der Waals surface area contributed by atoms with Gasteiger partial charge < -0.3 is 10.0 Å². The van der Waals surface area contributed by atoms with Crippen LogP contribution in [-0.4, -0.2) is 29.1 Å². The van der Waals surface area contributed by atoms with Crippen molar-refractivity contribution in [3.8, 4) is 12.3 Å². The number of anilines is 1. The maximum absolute atomic E-state index is 11.3. The number of hydrogen-bond acceptors (Lipinski definition) is 3. The minimum atomic E-state index is -0.951.